The van der Waals surface area contributed by atoms with E-state index in [1.54, 1.807) is 62.0 Å². The summed E-state index contributed by atoms with van der Waals surface area (Å²) in [6, 6.07) is 15.4. The van der Waals surface area contributed by atoms with Crippen molar-refractivity contribution in [2.24, 2.45) is 0 Å². The number of ether oxygens (including phenoxy) is 2. The van der Waals surface area contributed by atoms with E-state index in [1.165, 1.54) is 4.90 Å². The van der Waals surface area contributed by atoms with Crippen molar-refractivity contribution in [3.8, 4) is 11.5 Å². The number of Topliss-reactive ketones (excluding diaryl/α,β-unsaturated/α-hetero) is 1. The number of benzene rings is 2. The van der Waals surface area contributed by atoms with Gasteiger partial charge in [-0.25, -0.2) is 0 Å². The number of aromatic nitrogens is 1. The van der Waals surface area contributed by atoms with Crippen LogP contribution >= 0.6 is 0 Å². The predicted octanol–water partition coefficient (Wildman–Crippen LogP) is 4.04. The van der Waals surface area contributed by atoms with Gasteiger partial charge < -0.3 is 19.5 Å². The normalized spacial score (nSPS) is 20.8. The van der Waals surface area contributed by atoms with Gasteiger partial charge in [0, 0.05) is 30.9 Å². The Kier molecular flexibility index (Phi) is 5.53. The van der Waals surface area contributed by atoms with Gasteiger partial charge in [-0.05, 0) is 60.0 Å². The number of fused-ring (bicyclic) bond motifs is 1. The second kappa shape index (κ2) is 8.67. The van der Waals surface area contributed by atoms with E-state index in [2.05, 4.69) is 4.98 Å². The summed E-state index contributed by atoms with van der Waals surface area (Å²) in [5.74, 6) is -0.152. The number of aliphatic hydroxyl groups is 1. The molecule has 2 aromatic carbocycles. The number of carbonyl (C=O) groups excluding carboxylic acids is 2. The molecule has 0 unspecified atom stereocenters. The second-order valence-electron chi connectivity index (χ2n) is 8.52. The summed E-state index contributed by atoms with van der Waals surface area (Å²) in [5.41, 5.74) is 2.98. The van der Waals surface area contributed by atoms with Crippen LogP contribution in [-0.4, -0.2) is 39.9 Å². The van der Waals surface area contributed by atoms with Crippen molar-refractivity contribution in [3.05, 3.63) is 94.8 Å². The fraction of sp³-hybridized carbons (Fsp3) is 0.222. The lowest BCUT2D eigenvalue weighted by molar-refractivity contribution is -0.140. The maximum atomic E-state index is 13.2. The SMILES string of the molecule is COc1ccc([C@@H]2C(=C(O)c3ccc4c(c3)C[C@H](C)O4)C(=O)C(=O)N2Cc2cccnc2)cc1. The summed E-state index contributed by atoms with van der Waals surface area (Å²) in [7, 11) is 1.57. The monoisotopic (exact) mass is 456 g/mol. The van der Waals surface area contributed by atoms with Crippen LogP contribution in [0.3, 0.4) is 0 Å². The summed E-state index contributed by atoms with van der Waals surface area (Å²) in [6.07, 6.45) is 4.08. The number of hydrogen-bond acceptors (Lipinski definition) is 6. The molecule has 3 heterocycles. The van der Waals surface area contributed by atoms with Crippen molar-refractivity contribution in [1.82, 2.24) is 9.88 Å². The van der Waals surface area contributed by atoms with Crippen LogP contribution in [0, 0.1) is 0 Å². The van der Waals surface area contributed by atoms with Gasteiger partial charge in [0.1, 0.15) is 23.4 Å². The minimum absolute atomic E-state index is 0.0526. The second-order valence-corrected chi connectivity index (χ2v) is 8.52. The zero-order chi connectivity index (χ0) is 23.8. The largest absolute Gasteiger partial charge is 0.507 e. The van der Waals surface area contributed by atoms with E-state index < -0.39 is 17.7 Å². The number of hydrogen-bond donors (Lipinski definition) is 1. The van der Waals surface area contributed by atoms with Crippen LogP contribution in [0.1, 0.15) is 35.2 Å². The Bertz CT molecular complexity index is 1280. The summed E-state index contributed by atoms with van der Waals surface area (Å²) < 4.78 is 11.0. The fourth-order valence-corrected chi connectivity index (χ4v) is 4.59. The molecule has 7 nitrogen and oxygen atoms in total. The first-order chi connectivity index (χ1) is 16.5. The van der Waals surface area contributed by atoms with Crippen molar-refractivity contribution < 1.29 is 24.2 Å². The van der Waals surface area contributed by atoms with Crippen LogP contribution in [0.5, 0.6) is 11.5 Å². The first kappa shape index (κ1) is 21.7. The molecule has 0 spiro atoms. The van der Waals surface area contributed by atoms with Gasteiger partial charge in [0.05, 0.1) is 18.7 Å². The number of aliphatic hydroxyl groups excluding tert-OH is 1. The summed E-state index contributed by atoms with van der Waals surface area (Å²) in [6.45, 7) is 2.16. The van der Waals surface area contributed by atoms with Crippen LogP contribution < -0.4 is 9.47 Å². The molecular weight excluding hydrogens is 432 g/mol. The molecule has 1 aromatic heterocycles. The van der Waals surface area contributed by atoms with Crippen LogP contribution in [-0.2, 0) is 22.6 Å². The summed E-state index contributed by atoms with van der Waals surface area (Å²) in [5, 5.41) is 11.3. The highest BCUT2D eigenvalue weighted by Gasteiger charge is 2.46. The number of likely N-dealkylation sites (tertiary alicyclic amines) is 1. The first-order valence-corrected chi connectivity index (χ1v) is 11.1. The number of rotatable bonds is 5. The number of carbonyl (C=O) groups is 2. The van der Waals surface area contributed by atoms with E-state index in [-0.39, 0.29) is 24.0 Å². The Morgan fingerprint density at radius 2 is 1.97 bits per heavy atom. The zero-order valence-electron chi connectivity index (χ0n) is 18.9. The average molecular weight is 456 g/mol. The van der Waals surface area contributed by atoms with Crippen LogP contribution in [0.2, 0.25) is 0 Å². The number of methoxy groups -OCH3 is 1. The molecule has 2 aliphatic heterocycles. The van der Waals surface area contributed by atoms with E-state index >= 15 is 0 Å². The predicted molar refractivity (Wildman–Crippen MR) is 125 cm³/mol. The molecule has 34 heavy (non-hydrogen) atoms. The lowest BCUT2D eigenvalue weighted by Crippen LogP contribution is -2.29. The quantitative estimate of drug-likeness (QED) is 0.354. The van der Waals surface area contributed by atoms with Gasteiger partial charge in [0.2, 0.25) is 0 Å². The van der Waals surface area contributed by atoms with Crippen LogP contribution in [0.15, 0.2) is 72.6 Å². The highest BCUT2D eigenvalue weighted by Crippen LogP contribution is 2.41. The van der Waals surface area contributed by atoms with Crippen molar-refractivity contribution in [2.45, 2.75) is 32.0 Å². The number of pyridine rings is 1. The molecule has 1 amide bonds. The highest BCUT2D eigenvalue weighted by molar-refractivity contribution is 6.46. The zero-order valence-corrected chi connectivity index (χ0v) is 18.9. The van der Waals surface area contributed by atoms with Gasteiger partial charge in [-0.1, -0.05) is 18.2 Å². The maximum Gasteiger partial charge on any atom is 0.295 e. The molecule has 0 aliphatic carbocycles. The van der Waals surface area contributed by atoms with Crippen LogP contribution in [0.4, 0.5) is 0 Å². The molecular formula is C27H24N2O5. The molecule has 7 heteroatoms. The van der Waals surface area contributed by atoms with Gasteiger partial charge in [0.25, 0.3) is 11.7 Å². The molecule has 2 atom stereocenters. The highest BCUT2D eigenvalue weighted by atomic mass is 16.5. The minimum atomic E-state index is -0.755. The Morgan fingerprint density at radius 3 is 2.68 bits per heavy atom. The first-order valence-electron chi connectivity index (χ1n) is 11.1. The Hall–Kier alpha value is -4.13. The topological polar surface area (TPSA) is 89.0 Å². The molecule has 2 aliphatic rings. The number of amides is 1. The summed E-state index contributed by atoms with van der Waals surface area (Å²) >= 11 is 0. The average Bonchev–Trinajstić information content (AvgIpc) is 3.35. The fourth-order valence-electron chi connectivity index (χ4n) is 4.59. The standard InChI is InChI=1S/C27H24N2O5/c1-16-12-20-13-19(7-10-22(20)34-16)25(30)23-24(18-5-8-21(33-2)9-6-18)29(27(32)26(23)31)15-17-4-3-11-28-14-17/h3-11,13-14,16,24,30H,12,15H2,1-2H3/t16-,24+/m0/s1. The molecule has 0 bridgehead atoms. The van der Waals surface area contributed by atoms with Crippen molar-refractivity contribution in [3.63, 3.8) is 0 Å². The molecule has 0 saturated carbocycles. The van der Waals surface area contributed by atoms with E-state index in [1.807, 2.05) is 19.1 Å². The van der Waals surface area contributed by atoms with Gasteiger partial charge in [0.15, 0.2) is 0 Å². The maximum absolute atomic E-state index is 13.2. The molecule has 1 fully saturated rings. The molecule has 1 saturated heterocycles. The third kappa shape index (κ3) is 3.79. The third-order valence-corrected chi connectivity index (χ3v) is 6.22. The van der Waals surface area contributed by atoms with Gasteiger partial charge >= 0.3 is 0 Å². The van der Waals surface area contributed by atoms with E-state index in [4.69, 9.17) is 9.47 Å². The van der Waals surface area contributed by atoms with Gasteiger partial charge in [-0.3, -0.25) is 14.6 Å². The van der Waals surface area contributed by atoms with Crippen molar-refractivity contribution >= 4 is 17.4 Å². The van der Waals surface area contributed by atoms with Crippen molar-refractivity contribution in [2.75, 3.05) is 7.11 Å². The molecule has 3 aromatic rings. The lowest BCUT2D eigenvalue weighted by atomic mass is 9.94. The van der Waals surface area contributed by atoms with E-state index in [0.29, 0.717) is 23.3 Å². The smallest absolute Gasteiger partial charge is 0.295 e. The number of nitrogens with zero attached hydrogens (tertiary/aromatic N) is 2. The third-order valence-electron chi connectivity index (χ3n) is 6.22. The summed E-state index contributed by atoms with van der Waals surface area (Å²) in [4.78, 5) is 32.0. The lowest BCUT2D eigenvalue weighted by Gasteiger charge is -2.25. The Morgan fingerprint density at radius 1 is 1.18 bits per heavy atom. The Labute approximate surface area is 197 Å². The molecule has 172 valence electrons. The van der Waals surface area contributed by atoms with Crippen LogP contribution in [0.25, 0.3) is 5.76 Å². The molecule has 5 rings (SSSR count). The molecule has 1 N–H and O–H groups in total. The number of ketones is 1. The van der Waals surface area contributed by atoms with Crippen molar-refractivity contribution in [1.29, 1.82) is 0 Å². The van der Waals surface area contributed by atoms with Gasteiger partial charge in [-0.15, -0.1) is 0 Å². The Balaban J connectivity index is 1.62. The van der Waals surface area contributed by atoms with E-state index in [9.17, 15) is 14.7 Å². The molecule has 0 radical (unpaired) electrons. The van der Waals surface area contributed by atoms with Gasteiger partial charge in [-0.2, -0.15) is 0 Å². The van der Waals surface area contributed by atoms with E-state index in [0.717, 1.165) is 16.9 Å². The minimum Gasteiger partial charge on any atom is -0.507 e.